The second kappa shape index (κ2) is 4.46. The first-order chi connectivity index (χ1) is 9.10. The third kappa shape index (κ3) is 2.35. The quantitative estimate of drug-likeness (QED) is 0.843. The monoisotopic (exact) mass is 263 g/mol. The fourth-order valence-corrected chi connectivity index (χ4v) is 6.41. The molecule has 5 aliphatic carbocycles. The van der Waals surface area contributed by atoms with Gasteiger partial charge in [0.25, 0.3) is 0 Å². The normalized spacial score (nSPS) is 51.6. The molecular formula is C17H29NO. The van der Waals surface area contributed by atoms with E-state index in [9.17, 15) is 5.11 Å². The summed E-state index contributed by atoms with van der Waals surface area (Å²) in [6.45, 7) is 2.56. The summed E-state index contributed by atoms with van der Waals surface area (Å²) in [5.41, 5.74) is 0.686. The Labute approximate surface area is 117 Å². The largest absolute Gasteiger partial charge is 0.393 e. The molecule has 0 aromatic heterocycles. The Morgan fingerprint density at radius 1 is 0.947 bits per heavy atom. The topological polar surface area (TPSA) is 23.5 Å². The molecule has 0 unspecified atom stereocenters. The van der Waals surface area contributed by atoms with Crippen LogP contribution < -0.4 is 0 Å². The SMILES string of the molecule is CN(CC1CC(O)C1)CC12CC3CC(CC(C3)C1)C2. The number of rotatable bonds is 4. The minimum atomic E-state index is 0.0120. The van der Waals surface area contributed by atoms with E-state index in [1.165, 1.54) is 32.4 Å². The Morgan fingerprint density at radius 3 is 1.95 bits per heavy atom. The van der Waals surface area contributed by atoms with Crippen LogP contribution in [0.3, 0.4) is 0 Å². The fourth-order valence-electron chi connectivity index (χ4n) is 6.41. The third-order valence-corrected chi connectivity index (χ3v) is 6.55. The first-order valence-corrected chi connectivity index (χ1v) is 8.47. The van der Waals surface area contributed by atoms with E-state index in [1.807, 2.05) is 0 Å². The van der Waals surface area contributed by atoms with Gasteiger partial charge in [0.2, 0.25) is 0 Å². The van der Waals surface area contributed by atoms with Crippen LogP contribution in [-0.4, -0.2) is 36.2 Å². The van der Waals surface area contributed by atoms with Crippen molar-refractivity contribution in [1.29, 1.82) is 0 Å². The van der Waals surface area contributed by atoms with Crippen LogP contribution in [0.1, 0.15) is 51.4 Å². The van der Waals surface area contributed by atoms with Gasteiger partial charge in [-0.1, -0.05) is 0 Å². The lowest BCUT2D eigenvalue weighted by Gasteiger charge is -2.58. The minimum Gasteiger partial charge on any atom is -0.393 e. The van der Waals surface area contributed by atoms with E-state index >= 15 is 0 Å². The molecule has 19 heavy (non-hydrogen) atoms. The van der Waals surface area contributed by atoms with Crippen molar-refractivity contribution in [3.05, 3.63) is 0 Å². The van der Waals surface area contributed by atoms with Crippen LogP contribution in [-0.2, 0) is 0 Å². The number of hydrogen-bond acceptors (Lipinski definition) is 2. The van der Waals surface area contributed by atoms with Crippen molar-refractivity contribution in [3.63, 3.8) is 0 Å². The zero-order valence-electron chi connectivity index (χ0n) is 12.4. The van der Waals surface area contributed by atoms with Gasteiger partial charge in [-0.15, -0.1) is 0 Å². The molecule has 2 heteroatoms. The molecule has 2 nitrogen and oxygen atoms in total. The predicted octanol–water partition coefficient (Wildman–Crippen LogP) is 2.91. The lowest BCUT2D eigenvalue weighted by molar-refractivity contribution is -0.0709. The van der Waals surface area contributed by atoms with Crippen LogP contribution in [0, 0.1) is 29.1 Å². The second-order valence-electron chi connectivity index (χ2n) is 8.61. The molecule has 1 N–H and O–H groups in total. The van der Waals surface area contributed by atoms with Crippen molar-refractivity contribution in [3.8, 4) is 0 Å². The summed E-state index contributed by atoms with van der Waals surface area (Å²) >= 11 is 0. The Bertz CT molecular complexity index is 312. The van der Waals surface area contributed by atoms with E-state index in [0.717, 1.165) is 36.5 Å². The summed E-state index contributed by atoms with van der Waals surface area (Å²) in [4.78, 5) is 2.60. The highest BCUT2D eigenvalue weighted by atomic mass is 16.3. The highest BCUT2D eigenvalue weighted by molar-refractivity contribution is 5.02. The van der Waals surface area contributed by atoms with E-state index in [0.29, 0.717) is 5.41 Å². The maximum atomic E-state index is 9.42. The van der Waals surface area contributed by atoms with Crippen molar-refractivity contribution < 1.29 is 5.11 Å². The predicted molar refractivity (Wildman–Crippen MR) is 76.8 cm³/mol. The van der Waals surface area contributed by atoms with Crippen molar-refractivity contribution in [1.82, 2.24) is 4.90 Å². The minimum absolute atomic E-state index is 0.0120. The fraction of sp³-hybridized carbons (Fsp3) is 1.00. The molecular weight excluding hydrogens is 234 g/mol. The van der Waals surface area contributed by atoms with E-state index < -0.39 is 0 Å². The molecule has 0 atom stereocenters. The first-order valence-electron chi connectivity index (χ1n) is 8.47. The zero-order valence-corrected chi connectivity index (χ0v) is 12.4. The number of hydrogen-bond donors (Lipinski definition) is 1. The average molecular weight is 263 g/mol. The van der Waals surface area contributed by atoms with Gasteiger partial charge in [-0.05, 0) is 87.5 Å². The number of aliphatic hydroxyl groups is 1. The summed E-state index contributed by atoms with van der Waals surface area (Å²) in [6, 6.07) is 0. The van der Waals surface area contributed by atoms with Gasteiger partial charge in [-0.3, -0.25) is 0 Å². The smallest absolute Gasteiger partial charge is 0.0546 e. The Hall–Kier alpha value is -0.0800. The Kier molecular flexibility index (Phi) is 2.97. The van der Waals surface area contributed by atoms with Gasteiger partial charge in [0, 0.05) is 13.1 Å². The van der Waals surface area contributed by atoms with E-state index in [4.69, 9.17) is 0 Å². The molecule has 0 saturated heterocycles. The van der Waals surface area contributed by atoms with Crippen molar-refractivity contribution in [2.45, 2.75) is 57.5 Å². The molecule has 0 heterocycles. The lowest BCUT2D eigenvalue weighted by Crippen LogP contribution is -2.51. The van der Waals surface area contributed by atoms with Crippen molar-refractivity contribution in [2.75, 3.05) is 20.1 Å². The zero-order chi connectivity index (χ0) is 13.0. The maximum Gasteiger partial charge on any atom is 0.0546 e. The van der Waals surface area contributed by atoms with Crippen LogP contribution in [0.2, 0.25) is 0 Å². The lowest BCUT2D eigenvalue weighted by atomic mass is 9.49. The standard InChI is InChI=1S/C17H29NO/c1-18(10-15-5-16(19)6-15)11-17-7-12-2-13(8-17)4-14(3-12)9-17/h12-16,19H,2-11H2,1H3. The second-order valence-corrected chi connectivity index (χ2v) is 8.61. The maximum absolute atomic E-state index is 9.42. The number of aliphatic hydroxyl groups excluding tert-OH is 1. The molecule has 5 aliphatic rings. The van der Waals surface area contributed by atoms with E-state index in [-0.39, 0.29) is 6.10 Å². The number of nitrogens with zero attached hydrogens (tertiary/aromatic N) is 1. The van der Waals surface area contributed by atoms with E-state index in [1.54, 1.807) is 19.3 Å². The summed E-state index contributed by atoms with van der Waals surface area (Å²) in [7, 11) is 2.32. The van der Waals surface area contributed by atoms with Crippen LogP contribution in [0.15, 0.2) is 0 Å². The molecule has 0 aromatic carbocycles. The summed E-state index contributed by atoms with van der Waals surface area (Å²) in [6.07, 6.45) is 11.3. The summed E-state index contributed by atoms with van der Waals surface area (Å²) in [5.74, 6) is 3.99. The highest BCUT2D eigenvalue weighted by Crippen LogP contribution is 2.60. The van der Waals surface area contributed by atoms with Crippen molar-refractivity contribution in [2.24, 2.45) is 29.1 Å². The van der Waals surface area contributed by atoms with Crippen LogP contribution in [0.5, 0.6) is 0 Å². The first kappa shape index (κ1) is 12.6. The van der Waals surface area contributed by atoms with Crippen molar-refractivity contribution >= 4 is 0 Å². The van der Waals surface area contributed by atoms with Gasteiger partial charge in [0.05, 0.1) is 6.10 Å². The Balaban J connectivity index is 1.36. The van der Waals surface area contributed by atoms with Crippen LogP contribution in [0.4, 0.5) is 0 Å². The van der Waals surface area contributed by atoms with E-state index in [2.05, 4.69) is 11.9 Å². The molecule has 0 aliphatic heterocycles. The summed E-state index contributed by atoms with van der Waals surface area (Å²) < 4.78 is 0. The van der Waals surface area contributed by atoms with Gasteiger partial charge in [-0.25, -0.2) is 0 Å². The highest BCUT2D eigenvalue weighted by Gasteiger charge is 2.51. The molecule has 0 aromatic rings. The molecule has 5 fully saturated rings. The van der Waals surface area contributed by atoms with Gasteiger partial charge < -0.3 is 10.0 Å². The molecule has 0 radical (unpaired) electrons. The van der Waals surface area contributed by atoms with Gasteiger partial charge in [0.15, 0.2) is 0 Å². The van der Waals surface area contributed by atoms with Gasteiger partial charge >= 0.3 is 0 Å². The third-order valence-electron chi connectivity index (χ3n) is 6.55. The van der Waals surface area contributed by atoms with Crippen LogP contribution in [0.25, 0.3) is 0 Å². The Morgan fingerprint density at radius 2 is 1.47 bits per heavy atom. The van der Waals surface area contributed by atoms with Crippen LogP contribution >= 0.6 is 0 Å². The average Bonchev–Trinajstić information content (AvgIpc) is 2.23. The van der Waals surface area contributed by atoms with Gasteiger partial charge in [0.1, 0.15) is 0 Å². The molecule has 5 rings (SSSR count). The molecule has 0 amide bonds. The molecule has 108 valence electrons. The molecule has 5 saturated carbocycles. The molecule has 0 spiro atoms. The van der Waals surface area contributed by atoms with Gasteiger partial charge in [-0.2, -0.15) is 0 Å². The molecule has 4 bridgehead atoms. The summed E-state index contributed by atoms with van der Waals surface area (Å²) in [5, 5.41) is 9.42.